The molecule has 0 saturated heterocycles. The van der Waals surface area contributed by atoms with Crippen molar-refractivity contribution in [1.82, 2.24) is 29.8 Å². The maximum atomic E-state index is 12.7. The van der Waals surface area contributed by atoms with E-state index in [0.29, 0.717) is 17.7 Å². The largest absolute Gasteiger partial charge is 0.338 e. The molecule has 2 N–H and O–H groups in total. The first kappa shape index (κ1) is 19.1. The first-order valence-corrected chi connectivity index (χ1v) is 10.4. The number of rotatable bonds is 5. The molecule has 31 heavy (non-hydrogen) atoms. The van der Waals surface area contributed by atoms with Gasteiger partial charge in [0.1, 0.15) is 5.39 Å². The standard InChI is InChI=1S/C22H22N8O/c23-13-16-5-1-2-7-18(16)30-19-8-9-24-22(31)20(19)21(27-30)26-17-6-3-4-15(12-17)14-29-11-10-25-28-29/h3-4,6,8-12,16,18H,1-2,5,7,14H2,(H,24,31)(H,26,27)/t16-,18+/m1/s1. The van der Waals surface area contributed by atoms with Gasteiger partial charge < -0.3 is 10.3 Å². The van der Waals surface area contributed by atoms with Crippen LogP contribution in [0.2, 0.25) is 0 Å². The van der Waals surface area contributed by atoms with Crippen LogP contribution in [0.3, 0.4) is 0 Å². The number of hydrogen-bond acceptors (Lipinski definition) is 6. The Hall–Kier alpha value is -3.93. The van der Waals surface area contributed by atoms with Gasteiger partial charge in [-0.2, -0.15) is 10.4 Å². The van der Waals surface area contributed by atoms with Crippen LogP contribution < -0.4 is 10.9 Å². The average molecular weight is 414 g/mol. The zero-order valence-electron chi connectivity index (χ0n) is 16.9. The SMILES string of the molecule is N#C[C@H]1CCCC[C@@H]1n1nc(Nc2cccc(Cn3ccnn3)c2)c2c(=O)[nH]ccc21. The van der Waals surface area contributed by atoms with Crippen molar-refractivity contribution < 1.29 is 0 Å². The second-order valence-electron chi connectivity index (χ2n) is 7.87. The summed E-state index contributed by atoms with van der Waals surface area (Å²) in [5.74, 6) is 0.395. The first-order valence-electron chi connectivity index (χ1n) is 10.4. The van der Waals surface area contributed by atoms with Crippen LogP contribution in [0.4, 0.5) is 11.5 Å². The van der Waals surface area contributed by atoms with E-state index in [1.807, 2.05) is 41.2 Å². The molecule has 0 aliphatic heterocycles. The molecule has 0 bridgehead atoms. The van der Waals surface area contributed by atoms with E-state index in [4.69, 9.17) is 5.10 Å². The molecule has 156 valence electrons. The fourth-order valence-corrected chi connectivity index (χ4v) is 4.38. The summed E-state index contributed by atoms with van der Waals surface area (Å²) in [6.07, 6.45) is 8.94. The van der Waals surface area contributed by atoms with Crippen LogP contribution >= 0.6 is 0 Å². The summed E-state index contributed by atoms with van der Waals surface area (Å²) in [5, 5.41) is 26.1. The van der Waals surface area contributed by atoms with Crippen molar-refractivity contribution in [2.24, 2.45) is 5.92 Å². The van der Waals surface area contributed by atoms with E-state index in [1.165, 1.54) is 0 Å². The molecule has 0 spiro atoms. The lowest BCUT2D eigenvalue weighted by Crippen LogP contribution is -2.23. The topological polar surface area (TPSA) is 117 Å². The van der Waals surface area contributed by atoms with E-state index in [0.717, 1.165) is 42.5 Å². The van der Waals surface area contributed by atoms with E-state index < -0.39 is 0 Å². The van der Waals surface area contributed by atoms with Crippen LogP contribution in [0.1, 0.15) is 37.3 Å². The molecule has 9 heteroatoms. The summed E-state index contributed by atoms with van der Waals surface area (Å²) >= 11 is 0. The molecule has 1 aliphatic carbocycles. The molecule has 0 amide bonds. The predicted octanol–water partition coefficient (Wildman–Crippen LogP) is 3.36. The number of nitrogens with one attached hydrogen (secondary N) is 2. The quantitative estimate of drug-likeness (QED) is 0.517. The van der Waals surface area contributed by atoms with Gasteiger partial charge in [-0.1, -0.05) is 30.2 Å². The van der Waals surface area contributed by atoms with Crippen molar-refractivity contribution in [1.29, 1.82) is 5.26 Å². The van der Waals surface area contributed by atoms with Crippen molar-refractivity contribution in [2.45, 2.75) is 38.3 Å². The van der Waals surface area contributed by atoms with Crippen molar-refractivity contribution in [2.75, 3.05) is 5.32 Å². The van der Waals surface area contributed by atoms with Gasteiger partial charge in [0.15, 0.2) is 5.82 Å². The third kappa shape index (κ3) is 3.68. The van der Waals surface area contributed by atoms with E-state index >= 15 is 0 Å². The number of pyridine rings is 1. The van der Waals surface area contributed by atoms with Crippen LogP contribution in [0, 0.1) is 17.2 Å². The van der Waals surface area contributed by atoms with Crippen LogP contribution in [0.5, 0.6) is 0 Å². The Balaban J connectivity index is 1.52. The zero-order chi connectivity index (χ0) is 21.2. The van der Waals surface area contributed by atoms with E-state index in [-0.39, 0.29) is 17.5 Å². The van der Waals surface area contributed by atoms with Gasteiger partial charge in [0.2, 0.25) is 0 Å². The molecule has 1 saturated carbocycles. The zero-order valence-corrected chi connectivity index (χ0v) is 16.9. The molecule has 1 aliphatic rings. The van der Waals surface area contributed by atoms with Gasteiger partial charge in [0, 0.05) is 18.1 Å². The van der Waals surface area contributed by atoms with Crippen LogP contribution in [-0.2, 0) is 6.54 Å². The molecule has 0 radical (unpaired) electrons. The van der Waals surface area contributed by atoms with Gasteiger partial charge in [-0.05, 0) is 36.6 Å². The van der Waals surface area contributed by atoms with Gasteiger partial charge in [0.25, 0.3) is 5.56 Å². The molecular formula is C22H22N8O. The highest BCUT2D eigenvalue weighted by Crippen LogP contribution is 2.36. The minimum Gasteiger partial charge on any atom is -0.338 e. The van der Waals surface area contributed by atoms with Gasteiger partial charge in [0.05, 0.1) is 36.3 Å². The molecular weight excluding hydrogens is 392 g/mol. The summed E-state index contributed by atoms with van der Waals surface area (Å²) < 4.78 is 3.62. The minimum absolute atomic E-state index is 0.0303. The van der Waals surface area contributed by atoms with Crippen molar-refractivity contribution in [3.63, 3.8) is 0 Å². The molecule has 0 unspecified atom stereocenters. The monoisotopic (exact) mass is 414 g/mol. The third-order valence-electron chi connectivity index (χ3n) is 5.85. The van der Waals surface area contributed by atoms with E-state index in [2.05, 4.69) is 26.7 Å². The third-order valence-corrected chi connectivity index (χ3v) is 5.85. The smallest absolute Gasteiger partial charge is 0.261 e. The molecule has 1 fully saturated rings. The Kier molecular flexibility index (Phi) is 4.96. The highest BCUT2D eigenvalue weighted by Gasteiger charge is 2.29. The van der Waals surface area contributed by atoms with Gasteiger partial charge in [-0.15, -0.1) is 5.10 Å². The highest BCUT2D eigenvalue weighted by molar-refractivity contribution is 5.91. The van der Waals surface area contributed by atoms with Gasteiger partial charge in [-0.3, -0.25) is 9.48 Å². The number of nitrogens with zero attached hydrogens (tertiary/aromatic N) is 6. The maximum absolute atomic E-state index is 12.7. The Bertz CT molecular complexity index is 1300. The fraction of sp³-hybridized carbons (Fsp3) is 0.318. The summed E-state index contributed by atoms with van der Waals surface area (Å²) in [6, 6.07) is 12.2. The molecule has 4 aromatic rings. The molecule has 5 rings (SSSR count). The molecule has 3 heterocycles. The normalized spacial score (nSPS) is 18.7. The van der Waals surface area contributed by atoms with Crippen molar-refractivity contribution in [3.05, 3.63) is 64.8 Å². The number of anilines is 2. The van der Waals surface area contributed by atoms with Crippen LogP contribution in [-0.4, -0.2) is 29.8 Å². The van der Waals surface area contributed by atoms with Crippen LogP contribution in [0.25, 0.3) is 10.9 Å². The Morgan fingerprint density at radius 2 is 2.16 bits per heavy atom. The number of aromatic nitrogens is 6. The summed E-state index contributed by atoms with van der Waals surface area (Å²) in [4.78, 5) is 15.4. The number of benzene rings is 1. The number of nitriles is 1. The van der Waals surface area contributed by atoms with Gasteiger partial charge in [-0.25, -0.2) is 4.68 Å². The van der Waals surface area contributed by atoms with E-state index in [9.17, 15) is 10.1 Å². The van der Waals surface area contributed by atoms with Crippen LogP contribution in [0.15, 0.2) is 53.7 Å². The average Bonchev–Trinajstić information content (AvgIpc) is 3.43. The second kappa shape index (κ2) is 8.07. The summed E-state index contributed by atoms with van der Waals surface area (Å²) in [5.41, 5.74) is 2.42. The number of hydrogen-bond donors (Lipinski definition) is 2. The maximum Gasteiger partial charge on any atom is 0.261 e. The molecule has 3 aromatic heterocycles. The lowest BCUT2D eigenvalue weighted by molar-refractivity contribution is 0.277. The highest BCUT2D eigenvalue weighted by atomic mass is 16.1. The first-order chi connectivity index (χ1) is 15.2. The Labute approximate surface area is 178 Å². The van der Waals surface area contributed by atoms with Crippen molar-refractivity contribution in [3.8, 4) is 6.07 Å². The van der Waals surface area contributed by atoms with E-state index in [1.54, 1.807) is 17.1 Å². The Morgan fingerprint density at radius 1 is 1.26 bits per heavy atom. The molecule has 9 nitrogen and oxygen atoms in total. The lowest BCUT2D eigenvalue weighted by Gasteiger charge is -2.27. The number of H-pyrrole nitrogens is 1. The molecule has 2 atom stereocenters. The number of aromatic amines is 1. The molecule has 1 aromatic carbocycles. The second-order valence-corrected chi connectivity index (χ2v) is 7.87. The summed E-state index contributed by atoms with van der Waals surface area (Å²) in [7, 11) is 0. The fourth-order valence-electron chi connectivity index (χ4n) is 4.38. The number of fused-ring (bicyclic) bond motifs is 1. The Morgan fingerprint density at radius 3 is 3.00 bits per heavy atom. The predicted molar refractivity (Wildman–Crippen MR) is 116 cm³/mol. The lowest BCUT2D eigenvalue weighted by atomic mass is 9.85. The summed E-state index contributed by atoms with van der Waals surface area (Å²) in [6.45, 7) is 0.594. The minimum atomic E-state index is -0.200. The van der Waals surface area contributed by atoms with Gasteiger partial charge >= 0.3 is 0 Å². The van der Waals surface area contributed by atoms with Crippen molar-refractivity contribution >= 4 is 22.4 Å².